The van der Waals surface area contributed by atoms with Crippen LogP contribution in [-0.4, -0.2) is 24.9 Å². The summed E-state index contributed by atoms with van der Waals surface area (Å²) in [5.41, 5.74) is 0.761. The Balaban J connectivity index is 1.96. The number of ether oxygens (including phenoxy) is 1. The summed E-state index contributed by atoms with van der Waals surface area (Å²) in [5, 5.41) is 12.4. The van der Waals surface area contributed by atoms with E-state index in [1.165, 1.54) is 31.4 Å². The third-order valence-corrected chi connectivity index (χ3v) is 4.39. The van der Waals surface area contributed by atoms with Crippen LogP contribution in [0, 0.1) is 0 Å². The molecule has 3 aromatic carbocycles. The summed E-state index contributed by atoms with van der Waals surface area (Å²) in [7, 11) is 1.50. The molecule has 0 atom stereocenters. The van der Waals surface area contributed by atoms with Gasteiger partial charge < -0.3 is 14.6 Å². The molecular formula is C20H12NO5-. The van der Waals surface area contributed by atoms with E-state index in [-0.39, 0.29) is 11.3 Å². The van der Waals surface area contributed by atoms with Crippen LogP contribution >= 0.6 is 0 Å². The standard InChI is InChI=1S/C20H13NO5/c1-26-14-9-11-4-3-7-15-17(11)16(10-14)19(23)21(18(15)22)13-6-2-5-12(8-13)20(24)25/h2-10H,1H3,(H,24,25)/p-1. The SMILES string of the molecule is COc1cc2c3c(cccc3c1)C(=O)N(c1cccc(C(=O)[O-])c1)C2=O. The summed E-state index contributed by atoms with van der Waals surface area (Å²) in [5.74, 6) is -1.93. The van der Waals surface area contributed by atoms with Gasteiger partial charge in [-0.05, 0) is 41.3 Å². The van der Waals surface area contributed by atoms with Crippen LogP contribution in [0.15, 0.2) is 54.6 Å². The fourth-order valence-corrected chi connectivity index (χ4v) is 3.20. The fourth-order valence-electron chi connectivity index (χ4n) is 3.20. The first-order valence-electron chi connectivity index (χ1n) is 7.82. The van der Waals surface area contributed by atoms with Gasteiger partial charge >= 0.3 is 0 Å². The normalized spacial score (nSPS) is 13.2. The molecule has 26 heavy (non-hydrogen) atoms. The molecule has 0 aromatic heterocycles. The van der Waals surface area contributed by atoms with Crippen molar-refractivity contribution in [2.75, 3.05) is 12.0 Å². The minimum absolute atomic E-state index is 0.113. The number of benzene rings is 3. The van der Waals surface area contributed by atoms with Gasteiger partial charge in [0.15, 0.2) is 0 Å². The minimum Gasteiger partial charge on any atom is -0.545 e. The molecule has 4 rings (SSSR count). The molecule has 1 aliphatic rings. The summed E-state index contributed by atoms with van der Waals surface area (Å²) in [4.78, 5) is 38.1. The van der Waals surface area contributed by atoms with E-state index in [9.17, 15) is 19.5 Å². The Morgan fingerprint density at radius 3 is 2.42 bits per heavy atom. The van der Waals surface area contributed by atoms with Crippen molar-refractivity contribution in [2.24, 2.45) is 0 Å². The number of rotatable bonds is 3. The third-order valence-electron chi connectivity index (χ3n) is 4.39. The second-order valence-electron chi connectivity index (χ2n) is 5.86. The Bertz CT molecular complexity index is 1100. The van der Waals surface area contributed by atoms with Crippen molar-refractivity contribution in [3.05, 3.63) is 71.3 Å². The molecule has 0 spiro atoms. The highest BCUT2D eigenvalue weighted by molar-refractivity contribution is 6.36. The zero-order valence-corrected chi connectivity index (χ0v) is 13.7. The van der Waals surface area contributed by atoms with E-state index < -0.39 is 17.8 Å². The fraction of sp³-hybridized carbons (Fsp3) is 0.0500. The van der Waals surface area contributed by atoms with Gasteiger partial charge in [-0.3, -0.25) is 9.59 Å². The van der Waals surface area contributed by atoms with E-state index in [4.69, 9.17) is 4.74 Å². The van der Waals surface area contributed by atoms with E-state index >= 15 is 0 Å². The number of amides is 2. The number of methoxy groups -OCH3 is 1. The summed E-state index contributed by atoms with van der Waals surface area (Å²) >= 11 is 0. The summed E-state index contributed by atoms with van der Waals surface area (Å²) in [6, 6.07) is 14.1. The number of nitrogens with zero attached hydrogens (tertiary/aromatic N) is 1. The Hall–Kier alpha value is -3.67. The average molecular weight is 346 g/mol. The van der Waals surface area contributed by atoms with Crippen molar-refractivity contribution in [3.63, 3.8) is 0 Å². The van der Waals surface area contributed by atoms with Crippen LogP contribution in [0.1, 0.15) is 31.1 Å². The monoisotopic (exact) mass is 346 g/mol. The number of hydrogen-bond donors (Lipinski definition) is 0. The largest absolute Gasteiger partial charge is 0.545 e. The van der Waals surface area contributed by atoms with Crippen molar-refractivity contribution in [1.82, 2.24) is 0 Å². The first kappa shape index (κ1) is 15.8. The summed E-state index contributed by atoms with van der Waals surface area (Å²) in [6.45, 7) is 0. The summed E-state index contributed by atoms with van der Waals surface area (Å²) < 4.78 is 5.25. The molecule has 0 radical (unpaired) electrons. The van der Waals surface area contributed by atoms with Gasteiger partial charge in [0.25, 0.3) is 11.8 Å². The maximum absolute atomic E-state index is 13.0. The molecule has 1 heterocycles. The smallest absolute Gasteiger partial charge is 0.266 e. The molecule has 3 aromatic rings. The lowest BCUT2D eigenvalue weighted by molar-refractivity contribution is -0.255. The highest BCUT2D eigenvalue weighted by atomic mass is 16.5. The second-order valence-corrected chi connectivity index (χ2v) is 5.86. The van der Waals surface area contributed by atoms with Gasteiger partial charge in [-0.15, -0.1) is 0 Å². The predicted molar refractivity (Wildman–Crippen MR) is 92.4 cm³/mol. The number of carboxylic acid groups (broad SMARTS) is 1. The topological polar surface area (TPSA) is 86.7 Å². The number of imide groups is 1. The molecule has 1 aliphatic heterocycles. The lowest BCUT2D eigenvalue weighted by Gasteiger charge is -2.28. The molecule has 0 N–H and O–H groups in total. The molecule has 0 aliphatic carbocycles. The molecule has 0 bridgehead atoms. The maximum atomic E-state index is 13.0. The van der Waals surface area contributed by atoms with Crippen LogP contribution in [0.5, 0.6) is 5.75 Å². The van der Waals surface area contributed by atoms with E-state index in [2.05, 4.69) is 0 Å². The maximum Gasteiger partial charge on any atom is 0.266 e. The molecular weight excluding hydrogens is 334 g/mol. The number of hydrogen-bond acceptors (Lipinski definition) is 5. The van der Waals surface area contributed by atoms with Crippen molar-refractivity contribution in [1.29, 1.82) is 0 Å². The van der Waals surface area contributed by atoms with Crippen LogP contribution in [0.25, 0.3) is 10.8 Å². The Morgan fingerprint density at radius 1 is 0.962 bits per heavy atom. The van der Waals surface area contributed by atoms with Gasteiger partial charge in [0, 0.05) is 10.9 Å². The molecule has 6 heteroatoms. The van der Waals surface area contributed by atoms with E-state index in [1.54, 1.807) is 30.3 Å². The van der Waals surface area contributed by atoms with E-state index in [1.807, 2.05) is 0 Å². The lowest BCUT2D eigenvalue weighted by Crippen LogP contribution is -2.40. The number of carbonyl (C=O) groups is 3. The minimum atomic E-state index is -1.38. The zero-order valence-electron chi connectivity index (χ0n) is 13.7. The number of anilines is 1. The van der Waals surface area contributed by atoms with Crippen LogP contribution in [-0.2, 0) is 0 Å². The molecule has 0 unspecified atom stereocenters. The zero-order chi connectivity index (χ0) is 18.4. The Kier molecular flexibility index (Phi) is 3.47. The molecule has 0 saturated heterocycles. The molecule has 2 amide bonds. The molecule has 128 valence electrons. The van der Waals surface area contributed by atoms with Crippen molar-refractivity contribution in [2.45, 2.75) is 0 Å². The van der Waals surface area contributed by atoms with Crippen LogP contribution < -0.4 is 14.7 Å². The number of carbonyl (C=O) groups excluding carboxylic acids is 3. The van der Waals surface area contributed by atoms with Crippen molar-refractivity contribution >= 4 is 34.2 Å². The van der Waals surface area contributed by atoms with Crippen molar-refractivity contribution < 1.29 is 24.2 Å². The van der Waals surface area contributed by atoms with Crippen LogP contribution in [0.3, 0.4) is 0 Å². The first-order chi connectivity index (χ1) is 12.5. The predicted octanol–water partition coefficient (Wildman–Crippen LogP) is 2.01. The van der Waals surface area contributed by atoms with Crippen LogP contribution in [0.2, 0.25) is 0 Å². The highest BCUT2D eigenvalue weighted by Crippen LogP contribution is 2.35. The first-order valence-corrected chi connectivity index (χ1v) is 7.82. The number of aromatic carboxylic acids is 1. The van der Waals surface area contributed by atoms with Gasteiger partial charge in [0.1, 0.15) is 5.75 Å². The average Bonchev–Trinajstić information content (AvgIpc) is 2.65. The van der Waals surface area contributed by atoms with Gasteiger partial charge in [-0.1, -0.05) is 24.3 Å². The molecule has 0 saturated carbocycles. The Labute approximate surface area is 148 Å². The summed E-state index contributed by atoms with van der Waals surface area (Å²) in [6.07, 6.45) is 0. The van der Waals surface area contributed by atoms with Gasteiger partial charge in [0.05, 0.1) is 24.3 Å². The van der Waals surface area contributed by atoms with Crippen molar-refractivity contribution in [3.8, 4) is 5.75 Å². The quantitative estimate of drug-likeness (QED) is 0.677. The van der Waals surface area contributed by atoms with Gasteiger partial charge in [-0.2, -0.15) is 0 Å². The van der Waals surface area contributed by atoms with Gasteiger partial charge in [-0.25, -0.2) is 4.90 Å². The Morgan fingerprint density at radius 2 is 1.69 bits per heavy atom. The molecule has 0 fully saturated rings. The number of carboxylic acids is 1. The second kappa shape index (κ2) is 5.70. The van der Waals surface area contributed by atoms with Crippen LogP contribution in [0.4, 0.5) is 5.69 Å². The third kappa shape index (κ3) is 2.23. The van der Waals surface area contributed by atoms with Gasteiger partial charge in [0.2, 0.25) is 0 Å². The van der Waals surface area contributed by atoms with E-state index in [0.29, 0.717) is 22.3 Å². The lowest BCUT2D eigenvalue weighted by atomic mass is 9.93. The highest BCUT2D eigenvalue weighted by Gasteiger charge is 2.34. The van der Waals surface area contributed by atoms with E-state index in [0.717, 1.165) is 10.3 Å². The molecule has 6 nitrogen and oxygen atoms in total.